The number of nitrogens with zero attached hydrogens (tertiary/aromatic N) is 4. The standard InChI is InChI=1S/C30H20N6O2/c1-2-28(37)35-23-7-5-6-20(14-23)26-15-21(13-22-17-32-18-34-29(22)26)24-8-3-4-9-25(24)30(38)36-27-12-19(16-31)10-11-33-27/h2-15,17-18H,1H2,(H,35,37)(H,33,36,38). The Morgan fingerprint density at radius 1 is 0.895 bits per heavy atom. The molecule has 0 saturated carbocycles. The van der Waals surface area contributed by atoms with Crippen LogP contribution >= 0.6 is 0 Å². The zero-order valence-corrected chi connectivity index (χ0v) is 20.1. The Bertz CT molecular complexity index is 1760. The molecule has 2 heterocycles. The van der Waals surface area contributed by atoms with E-state index in [0.29, 0.717) is 22.4 Å². The Balaban J connectivity index is 1.60. The molecule has 5 rings (SSSR count). The average Bonchev–Trinajstić information content (AvgIpc) is 2.96. The molecule has 0 radical (unpaired) electrons. The first-order chi connectivity index (χ1) is 18.6. The van der Waals surface area contributed by atoms with Crippen LogP contribution in [0.1, 0.15) is 15.9 Å². The summed E-state index contributed by atoms with van der Waals surface area (Å²) in [5.74, 6) is -0.379. The van der Waals surface area contributed by atoms with Crippen molar-refractivity contribution in [1.29, 1.82) is 5.26 Å². The van der Waals surface area contributed by atoms with Crippen LogP contribution in [0.25, 0.3) is 33.2 Å². The van der Waals surface area contributed by atoms with E-state index in [-0.39, 0.29) is 17.6 Å². The molecule has 0 bridgehead atoms. The summed E-state index contributed by atoms with van der Waals surface area (Å²) < 4.78 is 0. The predicted octanol–water partition coefficient (Wildman–Crippen LogP) is 5.61. The molecular formula is C30H20N6O2. The third kappa shape index (κ3) is 4.98. The highest BCUT2D eigenvalue weighted by Gasteiger charge is 2.16. The fraction of sp³-hybridized carbons (Fsp3) is 0. The number of carbonyl (C=O) groups is 2. The summed E-state index contributed by atoms with van der Waals surface area (Å²) in [7, 11) is 0. The van der Waals surface area contributed by atoms with Gasteiger partial charge < -0.3 is 10.6 Å². The zero-order valence-electron chi connectivity index (χ0n) is 20.1. The minimum absolute atomic E-state index is 0.287. The van der Waals surface area contributed by atoms with Gasteiger partial charge in [-0.2, -0.15) is 5.26 Å². The molecular weight excluding hydrogens is 476 g/mol. The smallest absolute Gasteiger partial charge is 0.257 e. The lowest BCUT2D eigenvalue weighted by Gasteiger charge is -2.14. The molecule has 8 heteroatoms. The largest absolute Gasteiger partial charge is 0.323 e. The maximum atomic E-state index is 13.3. The van der Waals surface area contributed by atoms with Crippen molar-refractivity contribution in [1.82, 2.24) is 15.0 Å². The third-order valence-electron chi connectivity index (χ3n) is 5.85. The van der Waals surface area contributed by atoms with E-state index in [1.165, 1.54) is 24.7 Å². The molecule has 2 N–H and O–H groups in total. The van der Waals surface area contributed by atoms with Gasteiger partial charge in [-0.05, 0) is 65.2 Å². The highest BCUT2D eigenvalue weighted by Crippen LogP contribution is 2.35. The van der Waals surface area contributed by atoms with Crippen molar-refractivity contribution in [2.45, 2.75) is 0 Å². The van der Waals surface area contributed by atoms with Gasteiger partial charge in [-0.3, -0.25) is 9.59 Å². The van der Waals surface area contributed by atoms with E-state index in [9.17, 15) is 9.59 Å². The molecule has 38 heavy (non-hydrogen) atoms. The number of anilines is 2. The number of amides is 2. The Labute approximate surface area is 218 Å². The number of rotatable bonds is 6. The molecule has 182 valence electrons. The average molecular weight is 497 g/mol. The SMILES string of the molecule is C=CC(=O)Nc1cccc(-c2cc(-c3ccccc3C(=O)Nc3cc(C#N)ccn3)cc3cncnc23)c1. The van der Waals surface area contributed by atoms with Gasteiger partial charge in [0.05, 0.1) is 17.1 Å². The van der Waals surface area contributed by atoms with Gasteiger partial charge in [0.2, 0.25) is 5.91 Å². The van der Waals surface area contributed by atoms with Crippen LogP contribution < -0.4 is 10.6 Å². The van der Waals surface area contributed by atoms with Crippen molar-refractivity contribution < 1.29 is 9.59 Å². The summed E-state index contributed by atoms with van der Waals surface area (Å²) in [6, 6.07) is 23.7. The van der Waals surface area contributed by atoms with Crippen molar-refractivity contribution in [3.05, 3.63) is 115 Å². The van der Waals surface area contributed by atoms with Crippen molar-refractivity contribution >= 4 is 34.2 Å². The Hall–Kier alpha value is -5.68. The molecule has 0 saturated heterocycles. The lowest BCUT2D eigenvalue weighted by Crippen LogP contribution is -2.14. The molecule has 0 aliphatic rings. The number of nitrogens with one attached hydrogen (secondary N) is 2. The van der Waals surface area contributed by atoms with Gasteiger partial charge in [0.15, 0.2) is 0 Å². The second-order valence-electron chi connectivity index (χ2n) is 8.30. The molecule has 8 nitrogen and oxygen atoms in total. The summed E-state index contributed by atoms with van der Waals surface area (Å²) in [5, 5.41) is 15.5. The first-order valence-electron chi connectivity index (χ1n) is 11.6. The van der Waals surface area contributed by atoms with Crippen LogP contribution in [-0.2, 0) is 4.79 Å². The summed E-state index contributed by atoms with van der Waals surface area (Å²) in [6.45, 7) is 3.50. The van der Waals surface area contributed by atoms with Gasteiger partial charge in [-0.15, -0.1) is 0 Å². The quantitative estimate of drug-likeness (QED) is 0.295. The third-order valence-corrected chi connectivity index (χ3v) is 5.85. The number of hydrogen-bond acceptors (Lipinski definition) is 6. The van der Waals surface area contributed by atoms with E-state index >= 15 is 0 Å². The van der Waals surface area contributed by atoms with E-state index in [2.05, 4.69) is 32.2 Å². The molecule has 2 aromatic heterocycles. The summed E-state index contributed by atoms with van der Waals surface area (Å²) in [5.41, 5.74) is 5.31. The van der Waals surface area contributed by atoms with Gasteiger partial charge in [-0.1, -0.05) is 36.9 Å². The van der Waals surface area contributed by atoms with E-state index in [0.717, 1.165) is 27.6 Å². The zero-order chi connectivity index (χ0) is 26.5. The molecule has 5 aromatic rings. The molecule has 0 aliphatic heterocycles. The van der Waals surface area contributed by atoms with E-state index < -0.39 is 0 Å². The predicted molar refractivity (Wildman–Crippen MR) is 146 cm³/mol. The second-order valence-corrected chi connectivity index (χ2v) is 8.30. The van der Waals surface area contributed by atoms with Gasteiger partial charge in [-0.25, -0.2) is 15.0 Å². The van der Waals surface area contributed by atoms with Gasteiger partial charge >= 0.3 is 0 Å². The van der Waals surface area contributed by atoms with Crippen LogP contribution in [0.4, 0.5) is 11.5 Å². The molecule has 0 atom stereocenters. The lowest BCUT2D eigenvalue weighted by molar-refractivity contribution is -0.111. The van der Waals surface area contributed by atoms with Crippen LogP contribution in [-0.4, -0.2) is 26.8 Å². The van der Waals surface area contributed by atoms with Crippen LogP contribution in [0.15, 0.2) is 104 Å². The van der Waals surface area contributed by atoms with Gasteiger partial charge in [0, 0.05) is 34.6 Å². The maximum Gasteiger partial charge on any atom is 0.257 e. The van der Waals surface area contributed by atoms with Crippen molar-refractivity contribution in [2.24, 2.45) is 0 Å². The fourth-order valence-electron chi connectivity index (χ4n) is 4.12. The van der Waals surface area contributed by atoms with Crippen molar-refractivity contribution in [2.75, 3.05) is 10.6 Å². The number of pyridine rings is 1. The summed E-state index contributed by atoms with van der Waals surface area (Å²) >= 11 is 0. The normalized spacial score (nSPS) is 10.4. The molecule has 2 amide bonds. The fourth-order valence-corrected chi connectivity index (χ4v) is 4.12. The summed E-state index contributed by atoms with van der Waals surface area (Å²) in [4.78, 5) is 38.0. The number of fused-ring (bicyclic) bond motifs is 1. The van der Waals surface area contributed by atoms with Crippen LogP contribution in [0.3, 0.4) is 0 Å². The van der Waals surface area contributed by atoms with Crippen molar-refractivity contribution in [3.8, 4) is 28.3 Å². The van der Waals surface area contributed by atoms with E-state index in [1.54, 1.807) is 30.5 Å². The molecule has 0 spiro atoms. The first-order valence-corrected chi connectivity index (χ1v) is 11.6. The Morgan fingerprint density at radius 3 is 2.61 bits per heavy atom. The number of aromatic nitrogens is 3. The first kappa shape index (κ1) is 24.0. The minimum atomic E-state index is -0.358. The number of nitriles is 1. The highest BCUT2D eigenvalue weighted by molar-refractivity contribution is 6.09. The van der Waals surface area contributed by atoms with E-state index in [1.807, 2.05) is 48.5 Å². The van der Waals surface area contributed by atoms with Crippen LogP contribution in [0.2, 0.25) is 0 Å². The van der Waals surface area contributed by atoms with Crippen LogP contribution in [0, 0.1) is 11.3 Å². The van der Waals surface area contributed by atoms with Gasteiger partial charge in [0.25, 0.3) is 5.91 Å². The highest BCUT2D eigenvalue weighted by atomic mass is 16.2. The molecule has 0 unspecified atom stereocenters. The summed E-state index contributed by atoms with van der Waals surface area (Å²) in [6.07, 6.45) is 5.89. The topological polar surface area (TPSA) is 121 Å². The molecule has 0 aliphatic carbocycles. The van der Waals surface area contributed by atoms with Crippen molar-refractivity contribution in [3.63, 3.8) is 0 Å². The molecule has 3 aromatic carbocycles. The Morgan fingerprint density at radius 2 is 1.76 bits per heavy atom. The number of carbonyl (C=O) groups excluding carboxylic acids is 2. The van der Waals surface area contributed by atoms with Crippen LogP contribution in [0.5, 0.6) is 0 Å². The van der Waals surface area contributed by atoms with E-state index in [4.69, 9.17) is 5.26 Å². The number of benzene rings is 3. The monoisotopic (exact) mass is 496 g/mol. The van der Waals surface area contributed by atoms with Gasteiger partial charge in [0.1, 0.15) is 12.1 Å². The second kappa shape index (κ2) is 10.5. The number of hydrogen-bond donors (Lipinski definition) is 2. The molecule has 0 fully saturated rings. The minimum Gasteiger partial charge on any atom is -0.323 e. The Kier molecular flexibility index (Phi) is 6.65. The maximum absolute atomic E-state index is 13.3. The lowest BCUT2D eigenvalue weighted by atomic mass is 9.93.